The quantitative estimate of drug-likeness (QED) is 0.721. The van der Waals surface area contributed by atoms with Crippen LogP contribution in [0.4, 0.5) is 0 Å². The van der Waals surface area contributed by atoms with Gasteiger partial charge in [-0.1, -0.05) is 12.8 Å². The molecule has 0 aromatic carbocycles. The molecule has 1 N–H and O–H groups in total. The van der Waals surface area contributed by atoms with Gasteiger partial charge >= 0.3 is 0 Å². The molecule has 80 valence electrons. The number of amides is 1. The topological polar surface area (TPSA) is 40.5 Å². The number of hydrogen-bond acceptors (Lipinski definition) is 2. The molecule has 14 heavy (non-hydrogen) atoms. The monoisotopic (exact) mass is 197 g/mol. The predicted molar refractivity (Wildman–Crippen MR) is 53.8 cm³/mol. The number of β-amino-alcohol motifs (C(OH)–C–C–N with tert-alkyl or cyclic N) is 1. The van der Waals surface area contributed by atoms with Crippen molar-refractivity contribution in [2.75, 3.05) is 13.1 Å². The molecule has 1 aliphatic carbocycles. The third kappa shape index (κ3) is 2.08. The van der Waals surface area contributed by atoms with Crippen LogP contribution >= 0.6 is 0 Å². The lowest BCUT2D eigenvalue weighted by molar-refractivity contribution is -0.153. The summed E-state index contributed by atoms with van der Waals surface area (Å²) in [7, 11) is 0. The molecule has 1 saturated heterocycles. The summed E-state index contributed by atoms with van der Waals surface area (Å²) in [6, 6.07) is 0. The van der Waals surface area contributed by atoms with E-state index in [1.165, 1.54) is 25.7 Å². The van der Waals surface area contributed by atoms with Crippen LogP contribution in [0.3, 0.4) is 0 Å². The summed E-state index contributed by atoms with van der Waals surface area (Å²) in [5.41, 5.74) is -0.620. The van der Waals surface area contributed by atoms with Gasteiger partial charge < -0.3 is 10.0 Å². The number of carbonyl (C=O) groups is 1. The van der Waals surface area contributed by atoms with Crippen LogP contribution in [0.1, 0.15) is 39.0 Å². The van der Waals surface area contributed by atoms with Crippen molar-refractivity contribution in [3.63, 3.8) is 0 Å². The van der Waals surface area contributed by atoms with Gasteiger partial charge in [0.15, 0.2) is 0 Å². The van der Waals surface area contributed by atoms with Crippen molar-refractivity contribution in [1.29, 1.82) is 0 Å². The Bertz CT molecular complexity index is 223. The highest BCUT2D eigenvalue weighted by Gasteiger charge is 2.39. The lowest BCUT2D eigenvalue weighted by Crippen LogP contribution is -2.61. The fourth-order valence-corrected chi connectivity index (χ4v) is 2.54. The minimum absolute atomic E-state index is 0.239. The molecule has 0 aromatic rings. The van der Waals surface area contributed by atoms with Crippen molar-refractivity contribution in [1.82, 2.24) is 4.90 Å². The summed E-state index contributed by atoms with van der Waals surface area (Å²) in [5, 5.41) is 9.50. The number of likely N-dealkylation sites (tertiary alicyclic amines) is 1. The molecule has 1 saturated carbocycles. The van der Waals surface area contributed by atoms with Gasteiger partial charge in [-0.25, -0.2) is 0 Å². The van der Waals surface area contributed by atoms with Gasteiger partial charge in [-0.2, -0.15) is 0 Å². The van der Waals surface area contributed by atoms with Crippen LogP contribution in [0.2, 0.25) is 0 Å². The lowest BCUT2D eigenvalue weighted by Gasteiger charge is -2.44. The minimum atomic E-state index is -0.620. The number of hydrogen-bond donors (Lipinski definition) is 1. The Hall–Kier alpha value is -0.570. The lowest BCUT2D eigenvalue weighted by atomic mass is 9.94. The van der Waals surface area contributed by atoms with Gasteiger partial charge in [-0.3, -0.25) is 4.79 Å². The molecule has 1 heterocycles. The van der Waals surface area contributed by atoms with E-state index in [1.807, 2.05) is 0 Å². The van der Waals surface area contributed by atoms with Gasteiger partial charge in [0.25, 0.3) is 0 Å². The molecular weight excluding hydrogens is 178 g/mol. The first-order valence-corrected chi connectivity index (χ1v) is 5.57. The molecule has 2 aliphatic rings. The van der Waals surface area contributed by atoms with E-state index >= 15 is 0 Å². The summed E-state index contributed by atoms with van der Waals surface area (Å²) in [6.07, 6.45) is 5.72. The SMILES string of the molecule is CC1(O)CN(C(=O)CC2CCCC2)C1. The first-order chi connectivity index (χ1) is 6.57. The molecule has 2 rings (SSSR count). The highest BCUT2D eigenvalue weighted by Crippen LogP contribution is 2.29. The van der Waals surface area contributed by atoms with Crippen molar-refractivity contribution >= 4 is 5.91 Å². The van der Waals surface area contributed by atoms with E-state index in [0.717, 1.165) is 0 Å². The third-order valence-corrected chi connectivity index (χ3v) is 3.35. The number of aliphatic hydroxyl groups is 1. The van der Waals surface area contributed by atoms with E-state index in [4.69, 9.17) is 0 Å². The molecule has 3 nitrogen and oxygen atoms in total. The van der Waals surface area contributed by atoms with Crippen molar-refractivity contribution in [2.45, 2.75) is 44.6 Å². The van der Waals surface area contributed by atoms with Crippen molar-refractivity contribution in [3.05, 3.63) is 0 Å². The average molecular weight is 197 g/mol. The van der Waals surface area contributed by atoms with Crippen LogP contribution in [-0.2, 0) is 4.79 Å². The number of rotatable bonds is 2. The Balaban J connectivity index is 1.74. The third-order valence-electron chi connectivity index (χ3n) is 3.35. The van der Waals surface area contributed by atoms with E-state index < -0.39 is 5.60 Å². The van der Waals surface area contributed by atoms with E-state index in [0.29, 0.717) is 25.4 Å². The van der Waals surface area contributed by atoms with Gasteiger partial charge in [0.05, 0.1) is 18.7 Å². The van der Waals surface area contributed by atoms with Gasteiger partial charge in [-0.15, -0.1) is 0 Å². The second kappa shape index (κ2) is 3.54. The first-order valence-electron chi connectivity index (χ1n) is 5.57. The minimum Gasteiger partial charge on any atom is -0.386 e. The molecule has 0 radical (unpaired) electrons. The molecule has 0 unspecified atom stereocenters. The van der Waals surface area contributed by atoms with Crippen LogP contribution in [0.25, 0.3) is 0 Å². The van der Waals surface area contributed by atoms with E-state index in [1.54, 1.807) is 11.8 Å². The van der Waals surface area contributed by atoms with E-state index in [2.05, 4.69) is 0 Å². The maximum absolute atomic E-state index is 11.7. The zero-order chi connectivity index (χ0) is 10.2. The summed E-state index contributed by atoms with van der Waals surface area (Å²) in [4.78, 5) is 13.5. The molecule has 3 heteroatoms. The zero-order valence-corrected chi connectivity index (χ0v) is 8.83. The van der Waals surface area contributed by atoms with Gasteiger partial charge in [0, 0.05) is 6.42 Å². The maximum Gasteiger partial charge on any atom is 0.223 e. The summed E-state index contributed by atoms with van der Waals surface area (Å²) in [6.45, 7) is 2.84. The van der Waals surface area contributed by atoms with Crippen LogP contribution in [0.5, 0.6) is 0 Å². The van der Waals surface area contributed by atoms with Crippen molar-refractivity contribution in [2.24, 2.45) is 5.92 Å². The second-order valence-corrected chi connectivity index (χ2v) is 5.10. The molecule has 1 amide bonds. The van der Waals surface area contributed by atoms with Crippen LogP contribution in [0, 0.1) is 5.92 Å². The van der Waals surface area contributed by atoms with Gasteiger partial charge in [-0.05, 0) is 25.7 Å². The molecular formula is C11H19NO2. The summed E-state index contributed by atoms with van der Waals surface area (Å²) < 4.78 is 0. The average Bonchev–Trinajstić information content (AvgIpc) is 2.52. The molecule has 1 aliphatic heterocycles. The highest BCUT2D eigenvalue weighted by atomic mass is 16.3. The fraction of sp³-hybridized carbons (Fsp3) is 0.909. The Morgan fingerprint density at radius 2 is 2.00 bits per heavy atom. The molecule has 2 fully saturated rings. The molecule has 0 aromatic heterocycles. The summed E-state index contributed by atoms with van der Waals surface area (Å²) >= 11 is 0. The second-order valence-electron chi connectivity index (χ2n) is 5.10. The zero-order valence-electron chi connectivity index (χ0n) is 8.83. The molecule has 0 spiro atoms. The standard InChI is InChI=1S/C11H19NO2/c1-11(14)7-12(8-11)10(13)6-9-4-2-3-5-9/h9,14H,2-8H2,1H3. The normalized spacial score (nSPS) is 26.3. The molecule has 0 atom stereocenters. The van der Waals surface area contributed by atoms with Crippen molar-refractivity contribution in [3.8, 4) is 0 Å². The largest absolute Gasteiger partial charge is 0.386 e. The summed E-state index contributed by atoms with van der Waals surface area (Å²) in [5.74, 6) is 0.858. The number of carbonyl (C=O) groups excluding carboxylic acids is 1. The predicted octanol–water partition coefficient (Wildman–Crippen LogP) is 1.16. The Labute approximate surface area is 85.1 Å². The first kappa shape index (κ1) is 9.97. The van der Waals surface area contributed by atoms with Gasteiger partial charge in [0.1, 0.15) is 0 Å². The smallest absolute Gasteiger partial charge is 0.223 e. The van der Waals surface area contributed by atoms with Crippen LogP contribution in [0.15, 0.2) is 0 Å². The number of nitrogens with zero attached hydrogens (tertiary/aromatic N) is 1. The van der Waals surface area contributed by atoms with Crippen molar-refractivity contribution < 1.29 is 9.90 Å². The Morgan fingerprint density at radius 1 is 1.43 bits per heavy atom. The Kier molecular flexibility index (Phi) is 2.52. The van der Waals surface area contributed by atoms with Gasteiger partial charge in [0.2, 0.25) is 5.91 Å². The molecule has 0 bridgehead atoms. The van der Waals surface area contributed by atoms with E-state index in [9.17, 15) is 9.90 Å². The van der Waals surface area contributed by atoms with Crippen LogP contribution in [-0.4, -0.2) is 34.6 Å². The highest BCUT2D eigenvalue weighted by molar-refractivity contribution is 5.77. The van der Waals surface area contributed by atoms with E-state index in [-0.39, 0.29) is 5.91 Å². The fourth-order valence-electron chi connectivity index (χ4n) is 2.54. The van der Waals surface area contributed by atoms with Crippen LogP contribution < -0.4 is 0 Å². The Morgan fingerprint density at radius 3 is 2.50 bits per heavy atom. The maximum atomic E-state index is 11.7.